The van der Waals surface area contributed by atoms with Crippen molar-refractivity contribution in [1.29, 1.82) is 0 Å². The molecule has 0 bridgehead atoms. The first kappa shape index (κ1) is 11.0. The minimum atomic E-state index is -0.704. The number of carbonyl (C=O) groups excluding carboxylic acids is 1. The Hall–Kier alpha value is -1.49. The van der Waals surface area contributed by atoms with E-state index in [0.717, 1.165) is 16.4 Å². The summed E-state index contributed by atoms with van der Waals surface area (Å²) in [5, 5.41) is 4.50. The van der Waals surface area contributed by atoms with Crippen molar-refractivity contribution < 1.29 is 4.79 Å². The monoisotopic (exact) mass is 238 g/mol. The van der Waals surface area contributed by atoms with Gasteiger partial charge >= 0.3 is 0 Å². The lowest BCUT2D eigenvalue weighted by Crippen LogP contribution is -2.29. The molecule has 0 aromatic carbocycles. The summed E-state index contributed by atoms with van der Waals surface area (Å²) in [6.45, 7) is 5.39. The smallest absolute Gasteiger partial charge is 0.270 e. The SMILES string of the molecule is CC1=NN(c2nc(C)cc(C)n2)C(=O)[C@@H]1Cl. The molecule has 1 aliphatic rings. The van der Waals surface area contributed by atoms with E-state index in [0.29, 0.717) is 5.71 Å². The average molecular weight is 239 g/mol. The Morgan fingerprint density at radius 1 is 1.25 bits per heavy atom. The van der Waals surface area contributed by atoms with Crippen molar-refractivity contribution in [3.05, 3.63) is 17.5 Å². The molecule has 1 atom stereocenters. The first-order valence-electron chi connectivity index (χ1n) is 4.84. The molecule has 5 nitrogen and oxygen atoms in total. The quantitative estimate of drug-likeness (QED) is 0.696. The van der Waals surface area contributed by atoms with E-state index in [4.69, 9.17) is 11.6 Å². The third-order valence-electron chi connectivity index (χ3n) is 2.21. The van der Waals surface area contributed by atoms with Gasteiger partial charge in [0.2, 0.25) is 0 Å². The van der Waals surface area contributed by atoms with Gasteiger partial charge in [-0.05, 0) is 26.8 Å². The number of nitrogens with zero attached hydrogens (tertiary/aromatic N) is 4. The van der Waals surface area contributed by atoms with Gasteiger partial charge in [0.25, 0.3) is 11.9 Å². The van der Waals surface area contributed by atoms with E-state index in [1.165, 1.54) is 0 Å². The summed E-state index contributed by atoms with van der Waals surface area (Å²) in [4.78, 5) is 20.1. The van der Waals surface area contributed by atoms with E-state index < -0.39 is 5.38 Å². The molecule has 1 aliphatic heterocycles. The molecule has 0 fully saturated rings. The van der Waals surface area contributed by atoms with Crippen LogP contribution in [-0.2, 0) is 4.79 Å². The van der Waals surface area contributed by atoms with Crippen LogP contribution in [0.1, 0.15) is 18.3 Å². The molecule has 0 saturated heterocycles. The van der Waals surface area contributed by atoms with Gasteiger partial charge in [0.15, 0.2) is 5.38 Å². The van der Waals surface area contributed by atoms with Crippen molar-refractivity contribution in [3.63, 3.8) is 0 Å². The van der Waals surface area contributed by atoms with E-state index in [1.807, 2.05) is 19.9 Å². The fourth-order valence-electron chi connectivity index (χ4n) is 1.49. The van der Waals surface area contributed by atoms with Gasteiger partial charge < -0.3 is 0 Å². The number of rotatable bonds is 1. The van der Waals surface area contributed by atoms with Crippen molar-refractivity contribution in [2.45, 2.75) is 26.1 Å². The summed E-state index contributed by atoms with van der Waals surface area (Å²) in [5.74, 6) is -0.0193. The highest BCUT2D eigenvalue weighted by Gasteiger charge is 2.34. The molecule has 2 heterocycles. The molecule has 0 N–H and O–H groups in total. The Balaban J connectivity index is 2.42. The zero-order valence-electron chi connectivity index (χ0n) is 9.23. The second-order valence-corrected chi connectivity index (χ2v) is 4.14. The Morgan fingerprint density at radius 2 is 1.81 bits per heavy atom. The topological polar surface area (TPSA) is 58.5 Å². The summed E-state index contributed by atoms with van der Waals surface area (Å²) >= 11 is 5.86. The summed E-state index contributed by atoms with van der Waals surface area (Å²) in [6, 6.07) is 1.83. The molecule has 0 aliphatic carbocycles. The Kier molecular flexibility index (Phi) is 2.63. The average Bonchev–Trinajstić information content (AvgIpc) is 2.44. The Bertz CT molecular complexity index is 465. The van der Waals surface area contributed by atoms with Gasteiger partial charge in [0, 0.05) is 11.4 Å². The molecule has 1 amide bonds. The maximum Gasteiger partial charge on any atom is 0.273 e. The van der Waals surface area contributed by atoms with E-state index in [-0.39, 0.29) is 11.9 Å². The summed E-state index contributed by atoms with van der Waals surface area (Å²) in [6.07, 6.45) is 0. The van der Waals surface area contributed by atoms with Crippen molar-refractivity contribution in [2.75, 3.05) is 5.01 Å². The molecule has 0 unspecified atom stereocenters. The van der Waals surface area contributed by atoms with Gasteiger partial charge in [-0.2, -0.15) is 10.1 Å². The third-order valence-corrected chi connectivity index (χ3v) is 2.71. The number of aromatic nitrogens is 2. The number of hydrogen-bond acceptors (Lipinski definition) is 4. The normalized spacial score (nSPS) is 20.2. The second-order valence-electron chi connectivity index (χ2n) is 3.70. The zero-order chi connectivity index (χ0) is 11.9. The van der Waals surface area contributed by atoms with Gasteiger partial charge in [-0.25, -0.2) is 9.97 Å². The largest absolute Gasteiger partial charge is 0.273 e. The van der Waals surface area contributed by atoms with Gasteiger partial charge in [0.1, 0.15) is 0 Å². The van der Waals surface area contributed by atoms with Crippen LogP contribution in [0.4, 0.5) is 5.95 Å². The highest BCUT2D eigenvalue weighted by atomic mass is 35.5. The highest BCUT2D eigenvalue weighted by Crippen LogP contribution is 2.20. The van der Waals surface area contributed by atoms with Crippen LogP contribution >= 0.6 is 11.6 Å². The number of hydrazone groups is 1. The van der Waals surface area contributed by atoms with Gasteiger partial charge in [-0.3, -0.25) is 4.79 Å². The maximum absolute atomic E-state index is 11.7. The standard InChI is InChI=1S/C10H11ClN4O/c1-5-4-6(2)13-10(12-5)15-9(16)8(11)7(3)14-15/h4,8H,1-3H3/t8-/m1/s1. The maximum atomic E-state index is 11.7. The van der Waals surface area contributed by atoms with E-state index in [9.17, 15) is 4.79 Å². The van der Waals surface area contributed by atoms with Crippen LogP contribution in [0.5, 0.6) is 0 Å². The number of halogens is 1. The first-order valence-corrected chi connectivity index (χ1v) is 5.28. The molecular formula is C10H11ClN4O. The number of amides is 1. The molecule has 0 radical (unpaired) electrons. The molecule has 1 aromatic heterocycles. The minimum absolute atomic E-state index is 0.282. The van der Waals surface area contributed by atoms with E-state index in [1.54, 1.807) is 6.92 Å². The zero-order valence-corrected chi connectivity index (χ0v) is 9.99. The molecule has 1 aromatic rings. The predicted molar refractivity (Wildman–Crippen MR) is 61.7 cm³/mol. The summed E-state index contributed by atoms with van der Waals surface area (Å²) in [5.41, 5.74) is 2.15. The van der Waals surface area contributed by atoms with Crippen molar-refractivity contribution >= 4 is 29.2 Å². The molecule has 0 spiro atoms. The van der Waals surface area contributed by atoms with Gasteiger partial charge in [0.05, 0.1) is 5.71 Å². The Morgan fingerprint density at radius 3 is 2.25 bits per heavy atom. The second kappa shape index (κ2) is 3.83. The number of carbonyl (C=O) groups is 1. The van der Waals surface area contributed by atoms with Crippen molar-refractivity contribution in [1.82, 2.24) is 9.97 Å². The van der Waals surface area contributed by atoms with E-state index >= 15 is 0 Å². The molecule has 84 valence electrons. The lowest BCUT2D eigenvalue weighted by Gasteiger charge is -2.10. The molecule has 0 saturated carbocycles. The van der Waals surface area contributed by atoms with Gasteiger partial charge in [-0.15, -0.1) is 11.6 Å². The lowest BCUT2D eigenvalue weighted by molar-refractivity contribution is -0.116. The van der Waals surface area contributed by atoms with Crippen LogP contribution in [-0.4, -0.2) is 27.0 Å². The van der Waals surface area contributed by atoms with Crippen molar-refractivity contribution in [2.24, 2.45) is 5.10 Å². The number of aryl methyl sites for hydroxylation is 2. The van der Waals surface area contributed by atoms with Crippen LogP contribution in [0, 0.1) is 13.8 Å². The third kappa shape index (κ3) is 1.78. The van der Waals surface area contributed by atoms with Crippen LogP contribution in [0.15, 0.2) is 11.2 Å². The minimum Gasteiger partial charge on any atom is -0.270 e. The van der Waals surface area contributed by atoms with Crippen molar-refractivity contribution in [3.8, 4) is 0 Å². The molecule has 2 rings (SSSR count). The molecule has 6 heteroatoms. The number of alkyl halides is 1. The predicted octanol–water partition coefficient (Wildman–Crippen LogP) is 1.42. The lowest BCUT2D eigenvalue weighted by atomic mass is 10.3. The molecule has 16 heavy (non-hydrogen) atoms. The van der Waals surface area contributed by atoms with Crippen LogP contribution in [0.25, 0.3) is 0 Å². The van der Waals surface area contributed by atoms with Crippen LogP contribution in [0.3, 0.4) is 0 Å². The fourth-order valence-corrected chi connectivity index (χ4v) is 1.63. The Labute approximate surface area is 98.1 Å². The van der Waals surface area contributed by atoms with Crippen LogP contribution < -0.4 is 5.01 Å². The van der Waals surface area contributed by atoms with Gasteiger partial charge in [-0.1, -0.05) is 0 Å². The summed E-state index contributed by atoms with van der Waals surface area (Å²) in [7, 11) is 0. The van der Waals surface area contributed by atoms with Crippen LogP contribution in [0.2, 0.25) is 0 Å². The molecular weight excluding hydrogens is 228 g/mol. The van der Waals surface area contributed by atoms with E-state index in [2.05, 4.69) is 15.1 Å². The summed E-state index contributed by atoms with van der Waals surface area (Å²) < 4.78 is 0. The first-order chi connectivity index (χ1) is 7.49. The fraction of sp³-hybridized carbons (Fsp3) is 0.400. The number of hydrogen-bond donors (Lipinski definition) is 0. The number of anilines is 1. The highest BCUT2D eigenvalue weighted by molar-refractivity contribution is 6.45.